The largest absolute Gasteiger partial charge is 0.481 e. The molecule has 0 heterocycles. The second-order valence-electron chi connectivity index (χ2n) is 8.41. The van der Waals surface area contributed by atoms with Gasteiger partial charge in [0.05, 0.1) is 17.9 Å². The van der Waals surface area contributed by atoms with E-state index in [1.54, 1.807) is 0 Å². The SMILES string of the molecule is [2H]C([2H])([2H])C(C)(C)SCC1(C(=O)O)CCC([2H])([2H])C([2H])([2H])C1([2H])[2H].[2H]C([2H])([2H])C(C)(C)SCC1(C(=O)OC)CCC([2H])([2H])C([2H])([2H])C1([2H])[2H]. The van der Waals surface area contributed by atoms with Crippen molar-refractivity contribution in [2.24, 2.45) is 10.8 Å². The van der Waals surface area contributed by atoms with Crippen LogP contribution in [-0.2, 0) is 14.3 Å². The molecule has 2 aliphatic rings. The molecule has 31 heavy (non-hydrogen) atoms. The highest BCUT2D eigenvalue weighted by molar-refractivity contribution is 8.00. The molecule has 2 atom stereocenters. The van der Waals surface area contributed by atoms with E-state index < -0.39 is 103 Å². The van der Waals surface area contributed by atoms with Crippen molar-refractivity contribution in [2.75, 3.05) is 18.6 Å². The third-order valence-corrected chi connectivity index (χ3v) is 7.20. The molecule has 182 valence electrons. The number of carbonyl (C=O) groups is 2. The van der Waals surface area contributed by atoms with Crippen LogP contribution < -0.4 is 0 Å². The van der Waals surface area contributed by atoms with Crippen molar-refractivity contribution in [3.05, 3.63) is 0 Å². The van der Waals surface area contributed by atoms with Crippen LogP contribution in [0.4, 0.5) is 0 Å². The van der Waals surface area contributed by atoms with Crippen molar-refractivity contribution in [3.63, 3.8) is 0 Å². The Bertz CT molecular complexity index is 1230. The summed E-state index contributed by atoms with van der Waals surface area (Å²) in [6.45, 7) is 0.902. The van der Waals surface area contributed by atoms with Crippen LogP contribution in [0.25, 0.3) is 0 Å². The average molecular weight is 493 g/mol. The average Bonchev–Trinajstić information content (AvgIpc) is 2.89. The molecule has 2 saturated carbocycles. The summed E-state index contributed by atoms with van der Waals surface area (Å²) in [7, 11) is 1.05. The lowest BCUT2D eigenvalue weighted by Crippen LogP contribution is -2.38. The van der Waals surface area contributed by atoms with Gasteiger partial charge in [-0.1, -0.05) is 79.7 Å². The second-order valence-corrected chi connectivity index (χ2v) is 11.6. The third kappa shape index (κ3) is 9.98. The number of ether oxygens (including phenoxy) is 1. The zero-order chi connectivity index (χ0) is 39.5. The van der Waals surface area contributed by atoms with Gasteiger partial charge in [0, 0.05) is 45.7 Å². The van der Waals surface area contributed by atoms with Crippen molar-refractivity contribution >= 4 is 35.5 Å². The van der Waals surface area contributed by atoms with Crippen LogP contribution in [0.3, 0.4) is 0 Å². The smallest absolute Gasteiger partial charge is 0.312 e. The van der Waals surface area contributed by atoms with Gasteiger partial charge in [-0.05, 0) is 25.6 Å². The fourth-order valence-electron chi connectivity index (χ4n) is 2.58. The van der Waals surface area contributed by atoms with Gasteiger partial charge in [-0.15, -0.1) is 0 Å². The number of aliphatic carboxylic acids is 1. The summed E-state index contributed by atoms with van der Waals surface area (Å²) < 4.78 is 143. The molecule has 6 heteroatoms. The van der Waals surface area contributed by atoms with Crippen molar-refractivity contribution in [1.82, 2.24) is 0 Å². The maximum absolute atomic E-state index is 12.5. The first-order valence-electron chi connectivity index (χ1n) is 18.9. The van der Waals surface area contributed by atoms with E-state index in [9.17, 15) is 14.7 Å². The summed E-state index contributed by atoms with van der Waals surface area (Å²) in [5.74, 6) is -3.37. The van der Waals surface area contributed by atoms with E-state index >= 15 is 0 Å². The first-order valence-corrected chi connectivity index (χ1v) is 11.8. The molecule has 2 rings (SSSR count). The molecule has 0 spiro atoms. The number of esters is 1. The predicted octanol–water partition coefficient (Wildman–Crippen LogP) is 7.19. The van der Waals surface area contributed by atoms with Gasteiger partial charge in [0.2, 0.25) is 0 Å². The molecule has 0 saturated heterocycles. The molecule has 4 nitrogen and oxygen atoms in total. The Morgan fingerprint density at radius 3 is 1.84 bits per heavy atom. The van der Waals surface area contributed by atoms with Crippen LogP contribution in [0.1, 0.15) is 130 Å². The van der Waals surface area contributed by atoms with Crippen molar-refractivity contribution < 1.29 is 44.1 Å². The number of carboxylic acid groups (broad SMARTS) is 1. The van der Waals surface area contributed by atoms with E-state index in [0.717, 1.165) is 30.6 Å². The van der Waals surface area contributed by atoms with Gasteiger partial charge in [-0.25, -0.2) is 0 Å². The maximum atomic E-state index is 12.5. The first-order chi connectivity index (χ1) is 21.3. The van der Waals surface area contributed by atoms with Crippen molar-refractivity contribution in [3.8, 4) is 0 Å². The maximum Gasteiger partial charge on any atom is 0.312 e. The molecule has 0 bridgehead atoms. The standard InChI is InChI=1S/C13H24O2S.C12H22O2S/c1-12(2,3)16-10-13(11(14)15-4)8-6-5-7-9-13;1-11(2,3)15-9-12(10(13)14)7-5-4-6-8-12/h5-10H2,1-4H3;4-9H2,1-3H3,(H,13,14)/i1D3,5D2,6D2,8D2;1D3,4D2,5D2,7D2. The summed E-state index contributed by atoms with van der Waals surface area (Å²) in [6.07, 6.45) is -18.4. The molecule has 0 aromatic rings. The van der Waals surface area contributed by atoms with Crippen LogP contribution in [0.2, 0.25) is 0 Å². The van der Waals surface area contributed by atoms with Gasteiger partial charge in [-0.2, -0.15) is 23.5 Å². The Kier molecular flexibility index (Phi) is 4.48. The molecule has 0 amide bonds. The van der Waals surface area contributed by atoms with E-state index in [0.29, 0.717) is 0 Å². The molecule has 1 N–H and O–H groups in total. The first kappa shape index (κ1) is 11.4. The lowest BCUT2D eigenvalue weighted by molar-refractivity contribution is -0.153. The van der Waals surface area contributed by atoms with Crippen LogP contribution in [0.5, 0.6) is 0 Å². The topological polar surface area (TPSA) is 63.6 Å². The van der Waals surface area contributed by atoms with Gasteiger partial charge in [0.15, 0.2) is 0 Å². The Morgan fingerprint density at radius 2 is 1.39 bits per heavy atom. The monoisotopic (exact) mass is 492 g/mol. The summed E-state index contributed by atoms with van der Waals surface area (Å²) in [5.41, 5.74) is -4.20. The minimum atomic E-state index is -3.03. The van der Waals surface area contributed by atoms with E-state index in [2.05, 4.69) is 0 Å². The number of carbonyl (C=O) groups excluding carboxylic acids is 1. The summed E-state index contributed by atoms with van der Waals surface area (Å²) in [5, 5.41) is 9.64. The zero-order valence-corrected chi connectivity index (χ0v) is 20.4. The number of rotatable bonds is 6. The number of thioether (sulfide) groups is 2. The van der Waals surface area contributed by atoms with Crippen molar-refractivity contribution in [1.29, 1.82) is 0 Å². The molecular weight excluding hydrogens is 428 g/mol. The van der Waals surface area contributed by atoms with Gasteiger partial charge in [0.25, 0.3) is 0 Å². The minimum absolute atomic E-state index is 0.275. The highest BCUT2D eigenvalue weighted by atomic mass is 32.2. The Balaban J connectivity index is 0.000000490. The number of carboxylic acids is 1. The highest BCUT2D eigenvalue weighted by Crippen LogP contribution is 2.43. The molecular formula is C25H46O4S2. The van der Waals surface area contributed by atoms with Gasteiger partial charge < -0.3 is 9.84 Å². The lowest BCUT2D eigenvalue weighted by atomic mass is 9.75. The highest BCUT2D eigenvalue weighted by Gasteiger charge is 2.41. The van der Waals surface area contributed by atoms with Crippen LogP contribution in [0, 0.1) is 10.8 Å². The zero-order valence-electron chi connectivity index (χ0n) is 36.7. The second kappa shape index (κ2) is 12.2. The molecule has 2 fully saturated rings. The number of hydrogen-bond donors (Lipinski definition) is 1. The molecule has 2 unspecified atom stereocenters. The molecule has 0 aromatic heterocycles. The van der Waals surface area contributed by atoms with Gasteiger partial charge >= 0.3 is 11.9 Å². The Morgan fingerprint density at radius 1 is 0.935 bits per heavy atom. The van der Waals surface area contributed by atoms with Crippen LogP contribution in [-0.4, -0.2) is 45.2 Å². The lowest BCUT2D eigenvalue weighted by Gasteiger charge is -2.36. The summed E-state index contributed by atoms with van der Waals surface area (Å²) >= 11 is 1.60. The van der Waals surface area contributed by atoms with Crippen LogP contribution in [0.15, 0.2) is 0 Å². The molecule has 2 aliphatic carbocycles. The minimum Gasteiger partial charge on any atom is -0.481 e. The summed E-state index contributed by atoms with van der Waals surface area (Å²) in [6, 6.07) is 0. The van der Waals surface area contributed by atoms with Gasteiger partial charge in [-0.3, -0.25) is 9.59 Å². The fraction of sp³-hybridized carbons (Fsp3) is 0.920. The predicted molar refractivity (Wildman–Crippen MR) is 135 cm³/mol. The van der Waals surface area contributed by atoms with E-state index in [1.807, 2.05) is 0 Å². The Labute approximate surface area is 224 Å². The van der Waals surface area contributed by atoms with Gasteiger partial charge in [0.1, 0.15) is 0 Å². The summed E-state index contributed by atoms with van der Waals surface area (Å²) in [4.78, 5) is 24.3. The van der Waals surface area contributed by atoms with Crippen LogP contribution >= 0.6 is 23.5 Å². The molecule has 0 radical (unpaired) electrons. The number of hydrogen-bond acceptors (Lipinski definition) is 5. The Hall–Kier alpha value is -0.360. The third-order valence-electron chi connectivity index (χ3n) is 4.48. The van der Waals surface area contributed by atoms with E-state index in [4.69, 9.17) is 29.4 Å². The quantitative estimate of drug-likeness (QED) is 0.396. The van der Waals surface area contributed by atoms with Crippen molar-refractivity contribution in [2.45, 2.75) is 115 Å². The normalized spacial score (nSPS) is 46.2. The molecule has 0 aliphatic heterocycles. The van der Waals surface area contributed by atoms with E-state index in [1.165, 1.54) is 27.7 Å². The molecule has 0 aromatic carbocycles. The fourth-order valence-corrected chi connectivity index (χ4v) is 4.47. The number of methoxy groups -OCH3 is 1. The van der Waals surface area contributed by atoms with E-state index in [-0.39, 0.29) is 18.6 Å².